The van der Waals surface area contributed by atoms with E-state index >= 15 is 0 Å². The molecule has 1 atom stereocenters. The quantitative estimate of drug-likeness (QED) is 0.473. The molecule has 3 aromatic rings. The number of para-hydroxylation sites is 2. The molecule has 3 aromatic carbocycles. The minimum atomic E-state index is -0.300. The van der Waals surface area contributed by atoms with Gasteiger partial charge in [0.05, 0.1) is 31.1 Å². The average Bonchev–Trinajstić information content (AvgIpc) is 3.35. The minimum absolute atomic E-state index is 0.0934. The molecule has 2 aliphatic rings. The van der Waals surface area contributed by atoms with Gasteiger partial charge < -0.3 is 9.64 Å². The Hall–Kier alpha value is -3.42. The molecule has 0 radical (unpaired) electrons. The number of anilines is 1. The maximum atomic E-state index is 14.2. The molecular formula is C28H28ClFN4O2. The van der Waals surface area contributed by atoms with Crippen molar-refractivity contribution >= 4 is 28.9 Å². The molecule has 0 spiro atoms. The molecule has 1 amide bonds. The fraction of sp³-hybridized carbons (Fsp3) is 0.286. The van der Waals surface area contributed by atoms with Gasteiger partial charge in [0.25, 0.3) is 5.91 Å². The second kappa shape index (κ2) is 10.7. The molecule has 186 valence electrons. The Morgan fingerprint density at radius 3 is 2.44 bits per heavy atom. The Balaban J connectivity index is 1.34. The molecule has 5 rings (SSSR count). The number of carbonyl (C=O) groups is 1. The van der Waals surface area contributed by atoms with Crippen molar-refractivity contribution in [2.75, 3.05) is 44.7 Å². The number of hydrogen-bond acceptors (Lipinski definition) is 5. The average molecular weight is 507 g/mol. The molecular weight excluding hydrogens is 479 g/mol. The van der Waals surface area contributed by atoms with E-state index in [0.717, 1.165) is 16.8 Å². The predicted octanol–water partition coefficient (Wildman–Crippen LogP) is 4.99. The van der Waals surface area contributed by atoms with Gasteiger partial charge in [-0.15, -0.1) is 0 Å². The van der Waals surface area contributed by atoms with Gasteiger partial charge in [-0.25, -0.2) is 9.40 Å². The van der Waals surface area contributed by atoms with E-state index in [1.165, 1.54) is 6.07 Å². The molecule has 1 fully saturated rings. The largest absolute Gasteiger partial charge is 0.496 e. The predicted molar refractivity (Wildman–Crippen MR) is 140 cm³/mol. The number of carbonyl (C=O) groups excluding carboxylic acids is 1. The molecule has 0 aliphatic carbocycles. The van der Waals surface area contributed by atoms with Crippen LogP contribution in [0.25, 0.3) is 0 Å². The highest BCUT2D eigenvalue weighted by Gasteiger charge is 2.36. The maximum Gasteiger partial charge on any atom is 0.257 e. The number of methoxy groups -OCH3 is 1. The maximum absolute atomic E-state index is 14.2. The van der Waals surface area contributed by atoms with Crippen LogP contribution in [0.4, 0.5) is 10.1 Å². The lowest BCUT2D eigenvalue weighted by Gasteiger charge is -2.36. The van der Waals surface area contributed by atoms with E-state index in [2.05, 4.69) is 4.90 Å². The highest BCUT2D eigenvalue weighted by Crippen LogP contribution is 2.37. The van der Waals surface area contributed by atoms with Gasteiger partial charge in [-0.1, -0.05) is 54.1 Å². The Labute approximate surface area is 215 Å². The van der Waals surface area contributed by atoms with Crippen molar-refractivity contribution in [1.29, 1.82) is 0 Å². The first-order valence-corrected chi connectivity index (χ1v) is 12.4. The smallest absolute Gasteiger partial charge is 0.257 e. The SMILES string of the molecule is COc1ccccc1C1=NN(C(=O)CN2CCN(c3ccccc3F)CC2)[C@H](c2ccccc2Cl)C1. The molecule has 0 N–H and O–H groups in total. The standard InChI is InChI=1S/C28H28ClFN4O2/c1-36-27-13-7-3-9-21(27)24-18-26(20-8-2-4-10-22(20)29)34(31-24)28(35)19-32-14-16-33(17-15-32)25-12-6-5-11-23(25)30/h2-13,26H,14-19H2,1H3/t26-/m0/s1. The number of ether oxygens (including phenoxy) is 1. The van der Waals surface area contributed by atoms with Crippen LogP contribution in [0, 0.1) is 5.82 Å². The van der Waals surface area contributed by atoms with E-state index in [1.54, 1.807) is 24.3 Å². The third-order valence-electron chi connectivity index (χ3n) is 6.77. The second-order valence-electron chi connectivity index (χ2n) is 8.94. The minimum Gasteiger partial charge on any atom is -0.496 e. The summed E-state index contributed by atoms with van der Waals surface area (Å²) >= 11 is 6.55. The molecule has 8 heteroatoms. The lowest BCUT2D eigenvalue weighted by Crippen LogP contribution is -2.49. The number of hydrazone groups is 1. The van der Waals surface area contributed by atoms with Crippen molar-refractivity contribution < 1.29 is 13.9 Å². The number of amides is 1. The highest BCUT2D eigenvalue weighted by atomic mass is 35.5. The number of benzene rings is 3. The Morgan fingerprint density at radius 2 is 1.69 bits per heavy atom. The monoisotopic (exact) mass is 506 g/mol. The number of nitrogens with zero attached hydrogens (tertiary/aromatic N) is 4. The van der Waals surface area contributed by atoms with Crippen LogP contribution in [-0.4, -0.2) is 61.4 Å². The lowest BCUT2D eigenvalue weighted by molar-refractivity contribution is -0.134. The number of rotatable bonds is 6. The molecule has 6 nitrogen and oxygen atoms in total. The third-order valence-corrected chi connectivity index (χ3v) is 7.12. The van der Waals surface area contributed by atoms with Crippen LogP contribution in [0.1, 0.15) is 23.6 Å². The zero-order chi connectivity index (χ0) is 25.1. The van der Waals surface area contributed by atoms with Gasteiger partial charge >= 0.3 is 0 Å². The number of hydrogen-bond donors (Lipinski definition) is 0. The van der Waals surface area contributed by atoms with Gasteiger partial charge in [0.1, 0.15) is 11.6 Å². The number of piperazine rings is 1. The summed E-state index contributed by atoms with van der Waals surface area (Å²) in [5.74, 6) is 0.400. The third kappa shape index (κ3) is 4.94. The van der Waals surface area contributed by atoms with Crippen LogP contribution in [0.15, 0.2) is 77.9 Å². The van der Waals surface area contributed by atoms with E-state index in [9.17, 15) is 9.18 Å². The molecule has 0 bridgehead atoms. The van der Waals surface area contributed by atoms with E-state index in [1.807, 2.05) is 59.5 Å². The van der Waals surface area contributed by atoms with Gasteiger partial charge in [-0.05, 0) is 35.9 Å². The van der Waals surface area contributed by atoms with Crippen LogP contribution in [-0.2, 0) is 4.79 Å². The van der Waals surface area contributed by atoms with Crippen LogP contribution in [0.2, 0.25) is 5.02 Å². The van der Waals surface area contributed by atoms with Crippen molar-refractivity contribution in [3.8, 4) is 5.75 Å². The van der Waals surface area contributed by atoms with Crippen LogP contribution >= 0.6 is 11.6 Å². The topological polar surface area (TPSA) is 48.4 Å². The van der Waals surface area contributed by atoms with Gasteiger partial charge in [-0.2, -0.15) is 5.10 Å². The molecule has 1 saturated heterocycles. The Kier molecular flexibility index (Phi) is 7.20. The van der Waals surface area contributed by atoms with Gasteiger partial charge in [0.2, 0.25) is 0 Å². The first kappa shape index (κ1) is 24.3. The molecule has 0 aromatic heterocycles. The fourth-order valence-electron chi connectivity index (χ4n) is 4.89. The van der Waals surface area contributed by atoms with E-state index < -0.39 is 0 Å². The second-order valence-corrected chi connectivity index (χ2v) is 9.35. The van der Waals surface area contributed by atoms with Gasteiger partial charge in [-0.3, -0.25) is 9.69 Å². The molecule has 2 heterocycles. The summed E-state index contributed by atoms with van der Waals surface area (Å²) in [5, 5.41) is 6.96. The number of halogens is 2. The molecule has 36 heavy (non-hydrogen) atoms. The Bertz CT molecular complexity index is 1280. The summed E-state index contributed by atoms with van der Waals surface area (Å²) in [5.41, 5.74) is 3.12. The van der Waals surface area contributed by atoms with Crippen molar-refractivity contribution in [2.24, 2.45) is 5.10 Å². The first-order valence-electron chi connectivity index (χ1n) is 12.0. The summed E-state index contributed by atoms with van der Waals surface area (Å²) in [6.45, 7) is 2.85. The summed E-state index contributed by atoms with van der Waals surface area (Å²) in [4.78, 5) is 17.7. The highest BCUT2D eigenvalue weighted by molar-refractivity contribution is 6.31. The zero-order valence-corrected chi connectivity index (χ0v) is 20.9. The lowest BCUT2D eigenvalue weighted by atomic mass is 9.98. The van der Waals surface area contributed by atoms with Crippen LogP contribution in [0.5, 0.6) is 5.75 Å². The van der Waals surface area contributed by atoms with E-state index in [-0.39, 0.29) is 24.3 Å². The summed E-state index contributed by atoms with van der Waals surface area (Å²) in [7, 11) is 1.63. The van der Waals surface area contributed by atoms with Gasteiger partial charge in [0, 0.05) is 43.2 Å². The normalized spacial score (nSPS) is 18.3. The van der Waals surface area contributed by atoms with Crippen LogP contribution in [0.3, 0.4) is 0 Å². The van der Waals surface area contributed by atoms with E-state index in [0.29, 0.717) is 49.1 Å². The summed E-state index contributed by atoms with van der Waals surface area (Å²) < 4.78 is 19.7. The molecule has 2 aliphatic heterocycles. The zero-order valence-electron chi connectivity index (χ0n) is 20.1. The molecule has 0 unspecified atom stereocenters. The summed E-state index contributed by atoms with van der Waals surface area (Å²) in [6, 6.07) is 21.8. The van der Waals surface area contributed by atoms with E-state index in [4.69, 9.17) is 21.4 Å². The van der Waals surface area contributed by atoms with Crippen molar-refractivity contribution in [3.63, 3.8) is 0 Å². The first-order chi connectivity index (χ1) is 17.5. The van der Waals surface area contributed by atoms with Gasteiger partial charge in [0.15, 0.2) is 0 Å². The van der Waals surface area contributed by atoms with Crippen LogP contribution < -0.4 is 9.64 Å². The summed E-state index contributed by atoms with van der Waals surface area (Å²) in [6.07, 6.45) is 0.539. The van der Waals surface area contributed by atoms with Crippen molar-refractivity contribution in [1.82, 2.24) is 9.91 Å². The Morgan fingerprint density at radius 1 is 1.00 bits per heavy atom. The van der Waals surface area contributed by atoms with Crippen molar-refractivity contribution in [2.45, 2.75) is 12.5 Å². The molecule has 0 saturated carbocycles. The van der Waals surface area contributed by atoms with Crippen molar-refractivity contribution in [3.05, 3.63) is 94.8 Å². The fourth-order valence-corrected chi connectivity index (χ4v) is 5.15.